The second kappa shape index (κ2) is 12.3. The molecule has 3 atom stereocenters. The highest BCUT2D eigenvalue weighted by Crippen LogP contribution is 2.49. The summed E-state index contributed by atoms with van der Waals surface area (Å²) in [6.07, 6.45) is -1.13. The third-order valence-corrected chi connectivity index (χ3v) is 7.90. The average Bonchev–Trinajstić information content (AvgIpc) is 3.22. The standard InChI is InChI=1S/C25H32ClN3O3.C2HF3O2/c1-16-5-7-18(14-20(16)26)27-24(30)28-19-9-10-25(11-12-29(2)23(25)15-19)17-6-8-21(31-3)22(13-17)32-4;3-2(4,5)1(6)7/h5-8,13-14,19,23H,9-12,15H2,1-4H3,(H2,27,28,30);(H,6,7). The molecule has 1 heterocycles. The fraction of sp³-hybridized carbons (Fsp3) is 0.481. The lowest BCUT2D eigenvalue weighted by molar-refractivity contribution is -0.192. The van der Waals surface area contributed by atoms with Crippen LogP contribution in [0.5, 0.6) is 11.5 Å². The lowest BCUT2D eigenvalue weighted by Crippen LogP contribution is -2.52. The molecule has 1 saturated carbocycles. The van der Waals surface area contributed by atoms with Crippen LogP contribution in [-0.4, -0.2) is 68.1 Å². The highest BCUT2D eigenvalue weighted by molar-refractivity contribution is 6.31. The van der Waals surface area contributed by atoms with Crippen molar-refractivity contribution in [3.05, 3.63) is 52.5 Å². The number of anilines is 1. The minimum Gasteiger partial charge on any atom is -0.493 e. The van der Waals surface area contributed by atoms with E-state index in [1.165, 1.54) is 5.56 Å². The number of aryl methyl sites for hydroxylation is 1. The molecule has 2 amide bonds. The van der Waals surface area contributed by atoms with E-state index >= 15 is 0 Å². The number of nitrogens with zero attached hydrogens (tertiary/aromatic N) is 1. The SMILES string of the molecule is COc1ccc(C23CCC(NC(=O)Nc4ccc(C)c(Cl)c4)CC2N(C)CC3)cc1OC.O=C(O)C(F)(F)F. The van der Waals surface area contributed by atoms with Gasteiger partial charge in [0.1, 0.15) is 0 Å². The number of nitrogens with one attached hydrogen (secondary N) is 2. The van der Waals surface area contributed by atoms with Gasteiger partial charge in [0.2, 0.25) is 0 Å². The van der Waals surface area contributed by atoms with Crippen molar-refractivity contribution >= 4 is 29.3 Å². The van der Waals surface area contributed by atoms with Gasteiger partial charge in [0.05, 0.1) is 14.2 Å². The summed E-state index contributed by atoms with van der Waals surface area (Å²) in [7, 11) is 5.52. The molecule has 3 N–H and O–H groups in total. The van der Waals surface area contributed by atoms with Gasteiger partial charge in [-0.2, -0.15) is 13.2 Å². The monoisotopic (exact) mass is 571 g/mol. The molecule has 1 saturated heterocycles. The smallest absolute Gasteiger partial charge is 0.490 e. The lowest BCUT2D eigenvalue weighted by Gasteiger charge is -2.45. The second-order valence-electron chi connectivity index (χ2n) is 9.81. The molecule has 39 heavy (non-hydrogen) atoms. The number of aliphatic carboxylic acids is 1. The largest absolute Gasteiger partial charge is 0.493 e. The molecule has 2 aromatic rings. The van der Waals surface area contributed by atoms with Gasteiger partial charge in [-0.1, -0.05) is 23.7 Å². The first-order valence-corrected chi connectivity index (χ1v) is 12.7. The normalized spacial score (nSPS) is 22.7. The van der Waals surface area contributed by atoms with Crippen LogP contribution < -0.4 is 20.1 Å². The molecule has 0 spiro atoms. The Bertz CT molecular complexity index is 1200. The van der Waals surface area contributed by atoms with Crippen LogP contribution in [0.15, 0.2) is 36.4 Å². The van der Waals surface area contributed by atoms with Crippen LogP contribution in [0.25, 0.3) is 0 Å². The first-order valence-electron chi connectivity index (χ1n) is 12.4. The maximum atomic E-state index is 12.6. The Morgan fingerprint density at radius 1 is 1.10 bits per heavy atom. The number of likely N-dealkylation sites (N-methyl/N-ethyl adjacent to an activating group) is 1. The summed E-state index contributed by atoms with van der Waals surface area (Å²) in [4.78, 5) is 24.0. The Morgan fingerprint density at radius 2 is 1.77 bits per heavy atom. The van der Waals surface area contributed by atoms with Gasteiger partial charge in [-0.3, -0.25) is 0 Å². The molecule has 3 unspecified atom stereocenters. The third-order valence-electron chi connectivity index (χ3n) is 7.49. The number of fused-ring (bicyclic) bond motifs is 1. The Labute approximate surface area is 230 Å². The molecule has 2 aliphatic rings. The first kappa shape index (κ1) is 30.4. The van der Waals surface area contributed by atoms with E-state index < -0.39 is 12.1 Å². The van der Waals surface area contributed by atoms with E-state index in [0.717, 1.165) is 49.3 Å². The van der Waals surface area contributed by atoms with Crippen molar-refractivity contribution in [1.82, 2.24) is 10.2 Å². The van der Waals surface area contributed by atoms with Crippen molar-refractivity contribution < 1.29 is 37.3 Å². The number of amides is 2. The Morgan fingerprint density at radius 3 is 2.36 bits per heavy atom. The summed E-state index contributed by atoms with van der Waals surface area (Å²) >= 11 is 6.19. The molecule has 1 aliphatic heterocycles. The van der Waals surface area contributed by atoms with Crippen LogP contribution in [0.4, 0.5) is 23.7 Å². The summed E-state index contributed by atoms with van der Waals surface area (Å²) in [5.74, 6) is -1.24. The molecule has 2 fully saturated rings. The highest BCUT2D eigenvalue weighted by Gasteiger charge is 2.50. The minimum atomic E-state index is -5.08. The number of carbonyl (C=O) groups excluding carboxylic acids is 1. The summed E-state index contributed by atoms with van der Waals surface area (Å²) in [6, 6.07) is 12.2. The zero-order valence-corrected chi connectivity index (χ0v) is 22.9. The van der Waals surface area contributed by atoms with Gasteiger partial charge in [-0.15, -0.1) is 0 Å². The lowest BCUT2D eigenvalue weighted by atomic mass is 9.65. The molecule has 8 nitrogen and oxygen atoms in total. The number of carboxylic acids is 1. The van der Waals surface area contributed by atoms with Gasteiger partial charge in [-0.25, -0.2) is 9.59 Å². The van der Waals surface area contributed by atoms with Crippen LogP contribution in [0.2, 0.25) is 5.02 Å². The van der Waals surface area contributed by atoms with Crippen molar-refractivity contribution in [2.45, 2.75) is 56.3 Å². The van der Waals surface area contributed by atoms with E-state index in [1.807, 2.05) is 25.1 Å². The van der Waals surface area contributed by atoms with E-state index in [4.69, 9.17) is 31.0 Å². The number of urea groups is 1. The Hall–Kier alpha value is -3.18. The molecule has 12 heteroatoms. The van der Waals surface area contributed by atoms with Gasteiger partial charge in [0.15, 0.2) is 11.5 Å². The van der Waals surface area contributed by atoms with Crippen LogP contribution in [0.3, 0.4) is 0 Å². The summed E-state index contributed by atoms with van der Waals surface area (Å²) in [5, 5.41) is 13.9. The quantitative estimate of drug-likeness (QED) is 0.431. The number of halogens is 4. The van der Waals surface area contributed by atoms with Gasteiger partial charge in [0, 0.05) is 28.2 Å². The Balaban J connectivity index is 0.000000532. The van der Waals surface area contributed by atoms with E-state index in [1.54, 1.807) is 20.3 Å². The number of hydrogen-bond donors (Lipinski definition) is 3. The molecule has 0 bridgehead atoms. The number of alkyl halides is 3. The summed E-state index contributed by atoms with van der Waals surface area (Å²) in [5.41, 5.74) is 3.04. The fourth-order valence-electron chi connectivity index (χ4n) is 5.42. The fourth-order valence-corrected chi connectivity index (χ4v) is 5.60. The molecule has 0 aromatic heterocycles. The van der Waals surface area contributed by atoms with Crippen molar-refractivity contribution in [3.8, 4) is 11.5 Å². The number of benzene rings is 2. The predicted octanol–water partition coefficient (Wildman–Crippen LogP) is 5.62. The predicted molar refractivity (Wildman–Crippen MR) is 142 cm³/mol. The second-order valence-corrected chi connectivity index (χ2v) is 10.2. The molecule has 0 radical (unpaired) electrons. The number of carbonyl (C=O) groups is 2. The number of carboxylic acid groups (broad SMARTS) is 1. The van der Waals surface area contributed by atoms with Crippen molar-refractivity contribution in [2.75, 3.05) is 33.1 Å². The number of rotatable bonds is 5. The van der Waals surface area contributed by atoms with Crippen molar-refractivity contribution in [2.24, 2.45) is 0 Å². The average molecular weight is 572 g/mol. The van der Waals surface area contributed by atoms with Gasteiger partial charge in [0.25, 0.3) is 0 Å². The van der Waals surface area contributed by atoms with Crippen LogP contribution in [0.1, 0.15) is 36.8 Å². The summed E-state index contributed by atoms with van der Waals surface area (Å²) in [6.45, 7) is 2.98. The molecular formula is C27H33ClF3N3O5. The summed E-state index contributed by atoms with van der Waals surface area (Å²) < 4.78 is 42.7. The molecule has 214 valence electrons. The first-order chi connectivity index (χ1) is 18.3. The topological polar surface area (TPSA) is 100 Å². The van der Waals surface area contributed by atoms with Crippen molar-refractivity contribution in [1.29, 1.82) is 0 Å². The zero-order valence-electron chi connectivity index (χ0n) is 22.2. The van der Waals surface area contributed by atoms with Gasteiger partial charge in [-0.05, 0) is 81.6 Å². The number of likely N-dealkylation sites (tertiary alicyclic amines) is 1. The highest BCUT2D eigenvalue weighted by atomic mass is 35.5. The number of hydrogen-bond acceptors (Lipinski definition) is 5. The number of methoxy groups -OCH3 is 2. The maximum absolute atomic E-state index is 12.6. The molecule has 2 aromatic carbocycles. The molecule has 4 rings (SSSR count). The Kier molecular flexibility index (Phi) is 9.60. The molecular weight excluding hydrogens is 539 g/mol. The van der Waals surface area contributed by atoms with E-state index in [-0.39, 0.29) is 17.5 Å². The van der Waals surface area contributed by atoms with Gasteiger partial charge >= 0.3 is 18.2 Å². The van der Waals surface area contributed by atoms with Crippen LogP contribution in [0, 0.1) is 6.92 Å². The zero-order chi connectivity index (χ0) is 29.0. The minimum absolute atomic E-state index is 0.0629. The van der Waals surface area contributed by atoms with Crippen molar-refractivity contribution in [3.63, 3.8) is 0 Å². The van der Waals surface area contributed by atoms with E-state index in [9.17, 15) is 18.0 Å². The van der Waals surface area contributed by atoms with E-state index in [0.29, 0.717) is 16.8 Å². The van der Waals surface area contributed by atoms with E-state index in [2.05, 4.69) is 34.7 Å². The number of ether oxygens (including phenoxy) is 2. The third kappa shape index (κ3) is 7.07. The maximum Gasteiger partial charge on any atom is 0.490 e. The molecule has 1 aliphatic carbocycles. The van der Waals surface area contributed by atoms with Gasteiger partial charge < -0.3 is 30.1 Å². The van der Waals surface area contributed by atoms with Crippen LogP contribution in [-0.2, 0) is 10.2 Å². The van der Waals surface area contributed by atoms with Crippen LogP contribution >= 0.6 is 11.6 Å².